The summed E-state index contributed by atoms with van der Waals surface area (Å²) in [6.07, 6.45) is 7.02. The molecule has 2 nitrogen and oxygen atoms in total. The number of aryl methyl sites for hydroxylation is 1. The molecule has 0 unspecified atom stereocenters. The molecule has 30 heavy (non-hydrogen) atoms. The fourth-order valence-electron chi connectivity index (χ4n) is 6.48. The standard InChI is InChI=1S/C28H25NO/c1-16-19-7-5-4-6-17(19)14-20-24-22-18(8-13-29-24)15-21-23(26(22)30-25(16)20)28(3)11-9-27(21,2)10-12-28/h4-8,13-15H,9-12H2,1-3H3. The van der Waals surface area contributed by atoms with Crippen LogP contribution in [0.3, 0.4) is 0 Å². The van der Waals surface area contributed by atoms with Crippen LogP contribution in [0.5, 0.6) is 11.5 Å². The Balaban J connectivity index is 1.65. The van der Waals surface area contributed by atoms with Crippen LogP contribution < -0.4 is 4.74 Å². The van der Waals surface area contributed by atoms with Crippen molar-refractivity contribution < 1.29 is 4.74 Å². The lowest BCUT2D eigenvalue weighted by Crippen LogP contribution is -2.44. The van der Waals surface area contributed by atoms with Crippen molar-refractivity contribution in [2.45, 2.75) is 57.3 Å². The van der Waals surface area contributed by atoms with Crippen molar-refractivity contribution in [3.63, 3.8) is 0 Å². The fraction of sp³-hybridized carbons (Fsp3) is 0.321. The molecular formula is C28H25NO. The summed E-state index contributed by atoms with van der Waals surface area (Å²) in [6.45, 7) is 7.10. The quantitative estimate of drug-likeness (QED) is 0.271. The molecule has 0 radical (unpaired) electrons. The van der Waals surface area contributed by atoms with Crippen LogP contribution in [-0.2, 0) is 10.8 Å². The lowest BCUT2D eigenvalue weighted by atomic mass is 9.52. The molecule has 1 fully saturated rings. The van der Waals surface area contributed by atoms with Crippen LogP contribution in [0.4, 0.5) is 0 Å². The molecule has 1 aliphatic heterocycles. The van der Waals surface area contributed by atoms with E-state index in [0.717, 1.165) is 22.8 Å². The zero-order valence-electron chi connectivity index (χ0n) is 17.8. The van der Waals surface area contributed by atoms with E-state index in [-0.39, 0.29) is 10.8 Å². The maximum absolute atomic E-state index is 6.91. The van der Waals surface area contributed by atoms with Crippen LogP contribution in [0, 0.1) is 6.92 Å². The number of hydrogen-bond acceptors (Lipinski definition) is 2. The molecule has 0 saturated heterocycles. The molecule has 0 amide bonds. The van der Waals surface area contributed by atoms with Gasteiger partial charge in [-0.2, -0.15) is 0 Å². The number of pyridine rings is 1. The zero-order chi connectivity index (χ0) is 20.3. The molecule has 0 spiro atoms. The smallest absolute Gasteiger partial charge is 0.141 e. The summed E-state index contributed by atoms with van der Waals surface area (Å²) < 4.78 is 6.91. The Hall–Kier alpha value is -2.87. The van der Waals surface area contributed by atoms with Crippen molar-refractivity contribution in [2.24, 2.45) is 0 Å². The van der Waals surface area contributed by atoms with E-state index >= 15 is 0 Å². The van der Waals surface area contributed by atoms with Gasteiger partial charge in [-0.15, -0.1) is 0 Å². The Labute approximate surface area is 176 Å². The minimum Gasteiger partial charge on any atom is -0.455 e. The van der Waals surface area contributed by atoms with Gasteiger partial charge in [0.15, 0.2) is 0 Å². The van der Waals surface area contributed by atoms with Gasteiger partial charge in [0.25, 0.3) is 0 Å². The summed E-state index contributed by atoms with van der Waals surface area (Å²) in [5.74, 6) is 2.08. The molecule has 4 aromatic rings. The van der Waals surface area contributed by atoms with E-state index in [9.17, 15) is 0 Å². The number of rotatable bonds is 0. The predicted octanol–water partition coefficient (Wildman–Crippen LogP) is 7.57. The lowest BCUT2D eigenvalue weighted by molar-refractivity contribution is 0.184. The highest BCUT2D eigenvalue weighted by Crippen LogP contribution is 2.62. The van der Waals surface area contributed by atoms with Gasteiger partial charge in [-0.1, -0.05) is 38.1 Å². The van der Waals surface area contributed by atoms with Gasteiger partial charge in [0.2, 0.25) is 0 Å². The van der Waals surface area contributed by atoms with Crippen molar-refractivity contribution in [1.82, 2.24) is 4.98 Å². The summed E-state index contributed by atoms with van der Waals surface area (Å²) in [7, 11) is 0. The first-order valence-corrected chi connectivity index (χ1v) is 11.2. The molecule has 2 heteroatoms. The van der Waals surface area contributed by atoms with Gasteiger partial charge in [-0.25, -0.2) is 0 Å². The summed E-state index contributed by atoms with van der Waals surface area (Å²) in [6, 6.07) is 15.5. The van der Waals surface area contributed by atoms with Gasteiger partial charge in [0.05, 0.1) is 11.1 Å². The summed E-state index contributed by atoms with van der Waals surface area (Å²) in [5.41, 5.74) is 6.86. The van der Waals surface area contributed by atoms with Crippen molar-refractivity contribution >= 4 is 21.5 Å². The SMILES string of the molecule is Cc1c2c(cc3ccccc13)-c1nccc3cc4c(c(c13)O2)C1(C)CCC4(C)CC1. The normalized spacial score (nSPS) is 25.8. The number of benzene rings is 3. The number of hydrogen-bond donors (Lipinski definition) is 0. The molecule has 4 aliphatic rings. The second kappa shape index (κ2) is 5.24. The molecule has 0 N–H and O–H groups in total. The van der Waals surface area contributed by atoms with Gasteiger partial charge in [0.1, 0.15) is 11.5 Å². The average molecular weight is 392 g/mol. The van der Waals surface area contributed by atoms with Crippen molar-refractivity contribution in [1.29, 1.82) is 0 Å². The molecule has 3 aromatic carbocycles. The fourth-order valence-corrected chi connectivity index (χ4v) is 6.48. The molecule has 8 rings (SSSR count). The van der Waals surface area contributed by atoms with Crippen molar-refractivity contribution in [3.8, 4) is 22.8 Å². The van der Waals surface area contributed by atoms with E-state index in [4.69, 9.17) is 9.72 Å². The predicted molar refractivity (Wildman–Crippen MR) is 123 cm³/mol. The summed E-state index contributed by atoms with van der Waals surface area (Å²) in [5, 5.41) is 4.98. The van der Waals surface area contributed by atoms with Gasteiger partial charge in [-0.3, -0.25) is 4.98 Å². The first kappa shape index (κ1) is 16.9. The zero-order valence-corrected chi connectivity index (χ0v) is 17.8. The van der Waals surface area contributed by atoms with Crippen LogP contribution in [0.25, 0.3) is 32.8 Å². The van der Waals surface area contributed by atoms with Gasteiger partial charge in [-0.05, 0) is 83.4 Å². The second-order valence-electron chi connectivity index (χ2n) is 10.2. The number of nitrogens with zero attached hydrogens (tertiary/aromatic N) is 1. The minimum absolute atomic E-state index is 0.200. The topological polar surface area (TPSA) is 22.1 Å². The van der Waals surface area contributed by atoms with Crippen molar-refractivity contribution in [3.05, 3.63) is 65.4 Å². The van der Waals surface area contributed by atoms with Crippen LogP contribution in [-0.4, -0.2) is 4.98 Å². The highest BCUT2D eigenvalue weighted by atomic mass is 16.5. The Morgan fingerprint density at radius 1 is 0.867 bits per heavy atom. The van der Waals surface area contributed by atoms with Crippen LogP contribution in [0.2, 0.25) is 0 Å². The molecule has 1 saturated carbocycles. The van der Waals surface area contributed by atoms with Gasteiger partial charge in [0, 0.05) is 22.9 Å². The van der Waals surface area contributed by atoms with Crippen molar-refractivity contribution in [2.75, 3.05) is 0 Å². The van der Waals surface area contributed by atoms with E-state index in [1.807, 2.05) is 6.20 Å². The van der Waals surface area contributed by atoms with E-state index < -0.39 is 0 Å². The molecule has 2 bridgehead atoms. The second-order valence-corrected chi connectivity index (χ2v) is 10.2. The number of ether oxygens (including phenoxy) is 1. The Morgan fingerprint density at radius 2 is 1.63 bits per heavy atom. The van der Waals surface area contributed by atoms with E-state index in [2.05, 4.69) is 63.2 Å². The highest BCUT2D eigenvalue weighted by Gasteiger charge is 2.50. The Bertz CT molecular complexity index is 1410. The van der Waals surface area contributed by atoms with Crippen LogP contribution >= 0.6 is 0 Å². The Morgan fingerprint density at radius 3 is 2.47 bits per heavy atom. The number of aromatic nitrogens is 1. The molecular weight excluding hydrogens is 366 g/mol. The third-order valence-corrected chi connectivity index (χ3v) is 8.43. The largest absolute Gasteiger partial charge is 0.455 e. The number of fused-ring (bicyclic) bond motifs is 5. The van der Waals surface area contributed by atoms with E-state index in [1.165, 1.54) is 63.9 Å². The van der Waals surface area contributed by atoms with E-state index in [1.54, 1.807) is 0 Å². The third-order valence-electron chi connectivity index (χ3n) is 8.43. The van der Waals surface area contributed by atoms with Crippen LogP contribution in [0.1, 0.15) is 56.2 Å². The molecule has 2 heterocycles. The molecule has 0 atom stereocenters. The first-order valence-electron chi connectivity index (χ1n) is 11.2. The van der Waals surface area contributed by atoms with E-state index in [0.29, 0.717) is 0 Å². The van der Waals surface area contributed by atoms with Gasteiger partial charge < -0.3 is 4.74 Å². The summed E-state index contributed by atoms with van der Waals surface area (Å²) in [4.78, 5) is 4.90. The maximum Gasteiger partial charge on any atom is 0.141 e. The first-order chi connectivity index (χ1) is 14.5. The average Bonchev–Trinajstić information content (AvgIpc) is 2.76. The molecule has 3 aliphatic carbocycles. The maximum atomic E-state index is 6.91. The third kappa shape index (κ3) is 1.88. The van der Waals surface area contributed by atoms with Gasteiger partial charge >= 0.3 is 0 Å². The summed E-state index contributed by atoms with van der Waals surface area (Å²) >= 11 is 0. The monoisotopic (exact) mass is 391 g/mol. The Kier molecular flexibility index (Phi) is 2.95. The van der Waals surface area contributed by atoms with Crippen LogP contribution in [0.15, 0.2) is 48.7 Å². The highest BCUT2D eigenvalue weighted by molar-refractivity contribution is 6.07. The minimum atomic E-state index is 0.200. The molecule has 1 aromatic heterocycles. The molecule has 148 valence electrons. The lowest BCUT2D eigenvalue weighted by Gasteiger charge is -2.52.